The maximum Gasteiger partial charge on any atom is 0.303 e. The molecular formula is C10H18O6. The Morgan fingerprint density at radius 1 is 1.56 bits per heavy atom. The molecule has 2 atom stereocenters. The lowest BCUT2D eigenvalue weighted by Gasteiger charge is -2.32. The van der Waals surface area contributed by atoms with E-state index < -0.39 is 17.9 Å². The zero-order valence-corrected chi connectivity index (χ0v) is 9.76. The second kappa shape index (κ2) is 7.32. The normalized spacial score (nSPS) is 16.2. The molecule has 0 aliphatic carbocycles. The van der Waals surface area contributed by atoms with Crippen LogP contribution in [0.25, 0.3) is 0 Å². The molecule has 0 radical (unpaired) electrons. The number of hydrogen-bond acceptors (Lipinski definition) is 6. The molecule has 6 heteroatoms. The first-order valence-electron chi connectivity index (χ1n) is 4.98. The Labute approximate surface area is 94.4 Å². The third-order valence-electron chi connectivity index (χ3n) is 2.27. The summed E-state index contributed by atoms with van der Waals surface area (Å²) in [7, 11) is 1.33. The summed E-state index contributed by atoms with van der Waals surface area (Å²) in [6.45, 7) is 2.70. The Morgan fingerprint density at radius 2 is 2.19 bits per heavy atom. The van der Waals surface area contributed by atoms with Crippen molar-refractivity contribution in [2.45, 2.75) is 45.0 Å². The fourth-order valence-corrected chi connectivity index (χ4v) is 1.24. The first kappa shape index (κ1) is 15.0. The fourth-order valence-electron chi connectivity index (χ4n) is 1.24. The first-order valence-corrected chi connectivity index (χ1v) is 4.98. The van der Waals surface area contributed by atoms with Crippen LogP contribution in [0.1, 0.15) is 33.1 Å². The number of hydrogen-bond donors (Lipinski definition) is 1. The highest BCUT2D eigenvalue weighted by Gasteiger charge is 2.38. The minimum absolute atomic E-state index is 0.350. The van der Waals surface area contributed by atoms with E-state index in [1.54, 1.807) is 0 Å². The summed E-state index contributed by atoms with van der Waals surface area (Å²) in [4.78, 5) is 25.3. The van der Waals surface area contributed by atoms with Gasteiger partial charge < -0.3 is 14.3 Å². The van der Waals surface area contributed by atoms with Gasteiger partial charge in [0.15, 0.2) is 6.10 Å². The van der Waals surface area contributed by atoms with Crippen molar-refractivity contribution in [1.29, 1.82) is 0 Å². The molecule has 0 heterocycles. The van der Waals surface area contributed by atoms with Crippen molar-refractivity contribution in [1.82, 2.24) is 0 Å². The highest BCUT2D eigenvalue weighted by Crippen LogP contribution is 2.23. The van der Waals surface area contributed by atoms with E-state index in [0.29, 0.717) is 19.3 Å². The van der Waals surface area contributed by atoms with Crippen LogP contribution in [-0.4, -0.2) is 36.5 Å². The fraction of sp³-hybridized carbons (Fsp3) is 0.800. The molecule has 1 N–H and O–H groups in total. The van der Waals surface area contributed by atoms with Gasteiger partial charge in [0.1, 0.15) is 6.29 Å². The van der Waals surface area contributed by atoms with Gasteiger partial charge in [0.25, 0.3) is 0 Å². The van der Waals surface area contributed by atoms with Gasteiger partial charge >= 0.3 is 5.97 Å². The maximum atomic E-state index is 10.9. The number of carbonyl (C=O) groups excluding carboxylic acids is 2. The van der Waals surface area contributed by atoms with E-state index in [1.807, 2.05) is 0 Å². The molecule has 0 saturated carbocycles. The van der Waals surface area contributed by atoms with E-state index in [9.17, 15) is 9.59 Å². The largest absolute Gasteiger partial charge is 0.457 e. The van der Waals surface area contributed by atoms with Crippen LogP contribution < -0.4 is 0 Å². The molecule has 0 bridgehead atoms. The molecule has 0 rings (SSSR count). The summed E-state index contributed by atoms with van der Waals surface area (Å²) in [6.07, 6.45) is 1.24. The Hall–Kier alpha value is -0.980. The molecule has 2 unspecified atom stereocenters. The van der Waals surface area contributed by atoms with Gasteiger partial charge in [-0.25, -0.2) is 5.26 Å². The minimum Gasteiger partial charge on any atom is -0.457 e. The smallest absolute Gasteiger partial charge is 0.303 e. The van der Waals surface area contributed by atoms with Crippen LogP contribution in [-0.2, 0) is 24.0 Å². The third kappa shape index (κ3) is 4.69. The highest BCUT2D eigenvalue weighted by atomic mass is 17.1. The predicted molar refractivity (Wildman–Crippen MR) is 54.6 cm³/mol. The van der Waals surface area contributed by atoms with Crippen LogP contribution in [0.3, 0.4) is 0 Å². The standard InChI is InChI=1S/C10H18O6/c1-8(12)15-9(6-4-5-7-11)10(2,14-3)16-13/h7,9,13H,4-6H2,1-3H3. The lowest BCUT2D eigenvalue weighted by Crippen LogP contribution is -2.45. The van der Waals surface area contributed by atoms with Gasteiger partial charge in [-0.1, -0.05) is 0 Å². The molecule has 0 aliphatic heterocycles. The molecule has 0 aromatic rings. The van der Waals surface area contributed by atoms with E-state index >= 15 is 0 Å². The highest BCUT2D eigenvalue weighted by molar-refractivity contribution is 5.66. The number of carbonyl (C=O) groups is 2. The van der Waals surface area contributed by atoms with Crippen molar-refractivity contribution < 1.29 is 29.2 Å². The minimum atomic E-state index is -1.42. The van der Waals surface area contributed by atoms with Gasteiger partial charge in [0.2, 0.25) is 5.79 Å². The molecule has 16 heavy (non-hydrogen) atoms. The van der Waals surface area contributed by atoms with Crippen molar-refractivity contribution in [3.63, 3.8) is 0 Å². The number of esters is 1. The third-order valence-corrected chi connectivity index (χ3v) is 2.27. The van der Waals surface area contributed by atoms with Crippen LogP contribution in [0.4, 0.5) is 0 Å². The summed E-state index contributed by atoms with van der Waals surface area (Å²) in [6, 6.07) is 0. The van der Waals surface area contributed by atoms with E-state index in [2.05, 4.69) is 4.89 Å². The molecule has 0 aliphatic rings. The lowest BCUT2D eigenvalue weighted by molar-refractivity contribution is -0.414. The summed E-state index contributed by atoms with van der Waals surface area (Å²) < 4.78 is 9.92. The average molecular weight is 234 g/mol. The molecule has 0 saturated heterocycles. The molecular weight excluding hydrogens is 216 g/mol. The summed E-state index contributed by atoms with van der Waals surface area (Å²) in [5, 5.41) is 8.74. The molecule has 0 aromatic carbocycles. The van der Waals surface area contributed by atoms with Gasteiger partial charge in [0, 0.05) is 20.5 Å². The van der Waals surface area contributed by atoms with Crippen molar-refractivity contribution >= 4 is 12.3 Å². The molecule has 0 amide bonds. The van der Waals surface area contributed by atoms with Crippen LogP contribution in [0.2, 0.25) is 0 Å². The Bertz CT molecular complexity index is 223. The van der Waals surface area contributed by atoms with Gasteiger partial charge in [-0.05, 0) is 19.8 Å². The number of aldehydes is 1. The summed E-state index contributed by atoms with van der Waals surface area (Å²) in [5.41, 5.74) is 0. The van der Waals surface area contributed by atoms with Crippen molar-refractivity contribution in [3.05, 3.63) is 0 Å². The molecule has 94 valence electrons. The first-order chi connectivity index (χ1) is 7.50. The lowest BCUT2D eigenvalue weighted by atomic mass is 10.1. The maximum absolute atomic E-state index is 10.9. The predicted octanol–water partition coefficient (Wildman–Crippen LogP) is 1.14. The van der Waals surface area contributed by atoms with Crippen LogP contribution in [0.5, 0.6) is 0 Å². The Balaban J connectivity index is 4.50. The SMILES string of the molecule is COC(C)(OO)C(CCCC=O)OC(C)=O. The van der Waals surface area contributed by atoms with E-state index in [0.717, 1.165) is 6.29 Å². The Morgan fingerprint density at radius 3 is 2.56 bits per heavy atom. The molecule has 6 nitrogen and oxygen atoms in total. The number of ether oxygens (including phenoxy) is 2. The van der Waals surface area contributed by atoms with E-state index in [4.69, 9.17) is 14.7 Å². The average Bonchev–Trinajstić information content (AvgIpc) is 2.26. The second-order valence-electron chi connectivity index (χ2n) is 3.51. The van der Waals surface area contributed by atoms with Crippen molar-refractivity contribution in [2.75, 3.05) is 7.11 Å². The van der Waals surface area contributed by atoms with E-state index in [-0.39, 0.29) is 0 Å². The zero-order chi connectivity index (χ0) is 12.6. The molecule has 0 aromatic heterocycles. The van der Waals surface area contributed by atoms with Gasteiger partial charge in [-0.3, -0.25) is 4.79 Å². The van der Waals surface area contributed by atoms with Crippen LogP contribution >= 0.6 is 0 Å². The van der Waals surface area contributed by atoms with Crippen molar-refractivity contribution in [3.8, 4) is 0 Å². The molecule has 0 spiro atoms. The second-order valence-corrected chi connectivity index (χ2v) is 3.51. The van der Waals surface area contributed by atoms with Gasteiger partial charge in [-0.15, -0.1) is 0 Å². The number of rotatable bonds is 8. The zero-order valence-electron chi connectivity index (χ0n) is 9.76. The number of methoxy groups -OCH3 is 1. The van der Waals surface area contributed by atoms with Gasteiger partial charge in [0.05, 0.1) is 0 Å². The summed E-state index contributed by atoms with van der Waals surface area (Å²) in [5.74, 6) is -1.93. The number of unbranched alkanes of at least 4 members (excludes halogenated alkanes) is 1. The van der Waals surface area contributed by atoms with E-state index in [1.165, 1.54) is 21.0 Å². The molecule has 0 fully saturated rings. The van der Waals surface area contributed by atoms with Crippen molar-refractivity contribution in [2.24, 2.45) is 0 Å². The topological polar surface area (TPSA) is 82.1 Å². The quantitative estimate of drug-likeness (QED) is 0.169. The Kier molecular flexibility index (Phi) is 6.87. The van der Waals surface area contributed by atoms with Crippen LogP contribution in [0, 0.1) is 0 Å². The van der Waals surface area contributed by atoms with Gasteiger partial charge in [-0.2, -0.15) is 4.89 Å². The van der Waals surface area contributed by atoms with Crippen LogP contribution in [0.15, 0.2) is 0 Å². The summed E-state index contributed by atoms with van der Waals surface area (Å²) >= 11 is 0. The monoisotopic (exact) mass is 234 g/mol.